The molecule has 0 aliphatic rings. The van der Waals surface area contributed by atoms with Gasteiger partial charge in [0, 0.05) is 11.6 Å². The highest BCUT2D eigenvalue weighted by molar-refractivity contribution is 5.84. The number of ether oxygens (including phenoxy) is 1. The molecule has 4 aromatic rings. The quantitative estimate of drug-likeness (QED) is 0.520. The maximum Gasteiger partial charge on any atom is 0.573 e. The smallest absolute Gasteiger partial charge is 0.493 e. The predicted octanol–water partition coefficient (Wildman–Crippen LogP) is 4.46. The van der Waals surface area contributed by atoms with Crippen molar-refractivity contribution in [2.24, 2.45) is 0 Å². The molecule has 0 unspecified atom stereocenters. The van der Waals surface area contributed by atoms with Crippen LogP contribution >= 0.6 is 0 Å². The van der Waals surface area contributed by atoms with Gasteiger partial charge in [-0.1, -0.05) is 18.2 Å². The summed E-state index contributed by atoms with van der Waals surface area (Å²) in [7, 11) is 0. The lowest BCUT2D eigenvalue weighted by Gasteiger charge is -2.10. The maximum absolute atomic E-state index is 13.1. The van der Waals surface area contributed by atoms with Crippen LogP contribution in [0.2, 0.25) is 0 Å². The fourth-order valence-corrected chi connectivity index (χ4v) is 3.54. The molecular formula is C22H18F3N3O3. The van der Waals surface area contributed by atoms with E-state index in [1.54, 1.807) is 13.1 Å². The Bertz CT molecular complexity index is 1320. The van der Waals surface area contributed by atoms with Gasteiger partial charge in [0.05, 0.1) is 23.4 Å². The SMILES string of the molecule is Cc1cccc2c(Cn3c(C)c(O)n(-c4ccc(OC(F)(F)F)cc4)c3=O)ccnc12. The highest BCUT2D eigenvalue weighted by Crippen LogP contribution is 2.27. The first kappa shape index (κ1) is 20.5. The van der Waals surface area contributed by atoms with Crippen molar-refractivity contribution in [1.29, 1.82) is 0 Å². The topological polar surface area (TPSA) is 69.3 Å². The van der Waals surface area contributed by atoms with Crippen molar-refractivity contribution in [3.05, 3.63) is 82.0 Å². The molecule has 2 aromatic heterocycles. The molecule has 4 rings (SSSR count). The molecule has 160 valence electrons. The second-order valence-electron chi connectivity index (χ2n) is 7.10. The van der Waals surface area contributed by atoms with Gasteiger partial charge in [-0.05, 0) is 55.3 Å². The first-order chi connectivity index (χ1) is 14.7. The van der Waals surface area contributed by atoms with E-state index in [-0.39, 0.29) is 18.1 Å². The van der Waals surface area contributed by atoms with Gasteiger partial charge in [0.15, 0.2) is 0 Å². The third kappa shape index (κ3) is 3.86. The molecule has 0 fully saturated rings. The van der Waals surface area contributed by atoms with Crippen molar-refractivity contribution in [1.82, 2.24) is 14.1 Å². The number of hydrogen-bond acceptors (Lipinski definition) is 4. The zero-order valence-corrected chi connectivity index (χ0v) is 16.6. The molecule has 0 aliphatic heterocycles. The van der Waals surface area contributed by atoms with E-state index in [1.165, 1.54) is 16.7 Å². The second kappa shape index (κ2) is 7.50. The summed E-state index contributed by atoms with van der Waals surface area (Å²) in [5.74, 6) is -0.706. The van der Waals surface area contributed by atoms with E-state index >= 15 is 0 Å². The predicted molar refractivity (Wildman–Crippen MR) is 109 cm³/mol. The summed E-state index contributed by atoms with van der Waals surface area (Å²) in [4.78, 5) is 17.5. The number of aromatic hydroxyl groups is 1. The molecule has 1 N–H and O–H groups in total. The molecule has 2 aromatic carbocycles. The number of pyridine rings is 1. The van der Waals surface area contributed by atoms with Crippen molar-refractivity contribution in [2.45, 2.75) is 26.8 Å². The Kier molecular flexibility index (Phi) is 4.96. The average molecular weight is 429 g/mol. The lowest BCUT2D eigenvalue weighted by atomic mass is 10.1. The van der Waals surface area contributed by atoms with Gasteiger partial charge in [-0.2, -0.15) is 0 Å². The van der Waals surface area contributed by atoms with Crippen LogP contribution in [0.1, 0.15) is 16.8 Å². The van der Waals surface area contributed by atoms with Crippen molar-refractivity contribution >= 4 is 10.9 Å². The van der Waals surface area contributed by atoms with Crippen LogP contribution in [0, 0.1) is 13.8 Å². The molecule has 0 radical (unpaired) electrons. The van der Waals surface area contributed by atoms with Gasteiger partial charge in [-0.25, -0.2) is 9.36 Å². The summed E-state index contributed by atoms with van der Waals surface area (Å²) in [6.45, 7) is 3.75. The minimum absolute atomic E-state index is 0.197. The van der Waals surface area contributed by atoms with Crippen LogP contribution < -0.4 is 10.4 Å². The fraction of sp³-hybridized carbons (Fsp3) is 0.182. The monoisotopic (exact) mass is 429 g/mol. The standard InChI is InChI=1S/C22H18F3N3O3/c1-13-4-3-5-18-15(10-11-26-19(13)18)12-27-14(2)20(29)28(21(27)30)16-6-8-17(9-7-16)31-22(23,24)25/h3-11,29H,12H2,1-2H3. The number of nitrogens with zero attached hydrogens (tertiary/aromatic N) is 3. The molecule has 0 saturated heterocycles. The van der Waals surface area contributed by atoms with E-state index < -0.39 is 17.8 Å². The Labute approximate surface area is 174 Å². The van der Waals surface area contributed by atoms with E-state index in [4.69, 9.17) is 0 Å². The number of rotatable bonds is 4. The van der Waals surface area contributed by atoms with Crippen LogP contribution in [0.5, 0.6) is 11.6 Å². The average Bonchev–Trinajstić information content (AvgIpc) is 2.92. The summed E-state index contributed by atoms with van der Waals surface area (Å²) < 4.78 is 43.4. The van der Waals surface area contributed by atoms with Gasteiger partial charge in [0.2, 0.25) is 5.88 Å². The second-order valence-corrected chi connectivity index (χ2v) is 7.10. The zero-order valence-electron chi connectivity index (χ0n) is 16.6. The molecule has 9 heteroatoms. The Morgan fingerprint density at radius 2 is 1.77 bits per heavy atom. The van der Waals surface area contributed by atoms with Gasteiger partial charge in [-0.3, -0.25) is 9.55 Å². The molecule has 0 atom stereocenters. The van der Waals surface area contributed by atoms with E-state index in [0.717, 1.165) is 38.7 Å². The molecule has 0 amide bonds. The van der Waals surface area contributed by atoms with Crippen molar-refractivity contribution in [2.75, 3.05) is 0 Å². The zero-order chi connectivity index (χ0) is 22.3. The van der Waals surface area contributed by atoms with Gasteiger partial charge in [0.25, 0.3) is 0 Å². The van der Waals surface area contributed by atoms with Gasteiger partial charge in [-0.15, -0.1) is 13.2 Å². The number of imidazole rings is 1. The number of aromatic nitrogens is 3. The number of alkyl halides is 3. The molecule has 0 saturated carbocycles. The molecule has 0 spiro atoms. The molecule has 6 nitrogen and oxygen atoms in total. The summed E-state index contributed by atoms with van der Waals surface area (Å²) >= 11 is 0. The lowest BCUT2D eigenvalue weighted by molar-refractivity contribution is -0.274. The van der Waals surface area contributed by atoms with E-state index in [2.05, 4.69) is 9.72 Å². The Morgan fingerprint density at radius 1 is 1.06 bits per heavy atom. The highest BCUT2D eigenvalue weighted by Gasteiger charge is 2.31. The number of hydrogen-bond donors (Lipinski definition) is 1. The van der Waals surface area contributed by atoms with Crippen LogP contribution in [-0.2, 0) is 6.54 Å². The van der Waals surface area contributed by atoms with Crippen molar-refractivity contribution in [3.63, 3.8) is 0 Å². The molecule has 0 bridgehead atoms. The number of fused-ring (bicyclic) bond motifs is 1. The molecule has 2 heterocycles. The number of aryl methyl sites for hydroxylation is 1. The normalized spacial score (nSPS) is 11.8. The van der Waals surface area contributed by atoms with Crippen LogP contribution in [0.4, 0.5) is 13.2 Å². The first-order valence-corrected chi connectivity index (χ1v) is 9.36. The third-order valence-electron chi connectivity index (χ3n) is 5.08. The Hall–Kier alpha value is -3.75. The summed E-state index contributed by atoms with van der Waals surface area (Å²) in [6, 6.07) is 12.3. The van der Waals surface area contributed by atoms with Crippen LogP contribution in [0.3, 0.4) is 0 Å². The van der Waals surface area contributed by atoms with Gasteiger partial charge in [0.1, 0.15) is 5.75 Å². The number of benzene rings is 2. The van der Waals surface area contributed by atoms with E-state index in [0.29, 0.717) is 5.69 Å². The van der Waals surface area contributed by atoms with Crippen LogP contribution in [-0.4, -0.2) is 25.6 Å². The Balaban J connectivity index is 1.74. The van der Waals surface area contributed by atoms with Gasteiger partial charge >= 0.3 is 12.1 Å². The van der Waals surface area contributed by atoms with Crippen LogP contribution in [0.25, 0.3) is 16.6 Å². The fourth-order valence-electron chi connectivity index (χ4n) is 3.54. The van der Waals surface area contributed by atoms with Gasteiger partial charge < -0.3 is 9.84 Å². The van der Waals surface area contributed by atoms with E-state index in [9.17, 15) is 23.1 Å². The summed E-state index contributed by atoms with van der Waals surface area (Å²) in [6.07, 6.45) is -3.15. The minimum Gasteiger partial charge on any atom is -0.493 e. The minimum atomic E-state index is -4.81. The summed E-state index contributed by atoms with van der Waals surface area (Å²) in [5.41, 5.74) is 2.72. The first-order valence-electron chi connectivity index (χ1n) is 9.36. The largest absolute Gasteiger partial charge is 0.573 e. The Morgan fingerprint density at radius 3 is 2.45 bits per heavy atom. The van der Waals surface area contributed by atoms with Crippen molar-refractivity contribution < 1.29 is 23.0 Å². The van der Waals surface area contributed by atoms with E-state index in [1.807, 2.05) is 31.2 Å². The van der Waals surface area contributed by atoms with Crippen LogP contribution in [0.15, 0.2) is 59.5 Å². The number of para-hydroxylation sites is 1. The summed E-state index contributed by atoms with van der Waals surface area (Å²) in [5, 5.41) is 11.5. The van der Waals surface area contributed by atoms with Crippen molar-refractivity contribution in [3.8, 4) is 17.3 Å². The highest BCUT2D eigenvalue weighted by atomic mass is 19.4. The molecule has 31 heavy (non-hydrogen) atoms. The lowest BCUT2D eigenvalue weighted by Crippen LogP contribution is -2.24. The molecule has 0 aliphatic carbocycles. The third-order valence-corrected chi connectivity index (χ3v) is 5.08. The molecular weight excluding hydrogens is 411 g/mol. The number of halogens is 3. The maximum atomic E-state index is 13.1.